The summed E-state index contributed by atoms with van der Waals surface area (Å²) in [5, 5.41) is 8.56. The maximum atomic E-state index is 12.7. The Balaban J connectivity index is 3.14. The molecule has 1 aromatic carbocycles. The van der Waals surface area contributed by atoms with E-state index in [1.54, 1.807) is 19.0 Å². The molecule has 1 aromatic rings. The van der Waals surface area contributed by atoms with Crippen molar-refractivity contribution in [3.63, 3.8) is 0 Å². The van der Waals surface area contributed by atoms with Crippen molar-refractivity contribution in [2.24, 2.45) is 0 Å². The highest BCUT2D eigenvalue weighted by atomic mass is 19.4. The molecule has 0 aliphatic carbocycles. The molecule has 0 aliphatic heterocycles. The van der Waals surface area contributed by atoms with E-state index in [1.165, 1.54) is 12.1 Å². The average molecular weight is 261 g/mol. The summed E-state index contributed by atoms with van der Waals surface area (Å²) in [6.45, 7) is 0. The number of aliphatic carboxylic acids is 1. The summed E-state index contributed by atoms with van der Waals surface area (Å²) in [7, 11) is 3.42. The van der Waals surface area contributed by atoms with E-state index in [1.807, 2.05) is 0 Å². The number of nitrogens with zero attached hydrogens (tertiary/aromatic N) is 1. The van der Waals surface area contributed by atoms with Gasteiger partial charge in [-0.2, -0.15) is 13.2 Å². The number of carboxylic acid groups (broad SMARTS) is 1. The molecule has 0 atom stereocenters. The van der Waals surface area contributed by atoms with Crippen LogP contribution >= 0.6 is 0 Å². The summed E-state index contributed by atoms with van der Waals surface area (Å²) in [4.78, 5) is 12.1. The maximum Gasteiger partial charge on any atom is 0.416 e. The minimum atomic E-state index is -4.46. The van der Waals surface area contributed by atoms with Gasteiger partial charge in [-0.1, -0.05) is 0 Å². The molecule has 0 radical (unpaired) electrons. The summed E-state index contributed by atoms with van der Waals surface area (Å²) in [5.74, 6) is -1.11. The number of hydrogen-bond donors (Lipinski definition) is 1. The normalized spacial score (nSPS) is 11.4. The first-order chi connectivity index (χ1) is 8.21. The van der Waals surface area contributed by atoms with E-state index in [2.05, 4.69) is 0 Å². The van der Waals surface area contributed by atoms with Gasteiger partial charge in [-0.3, -0.25) is 4.79 Å². The molecule has 1 rings (SSSR count). The number of benzene rings is 1. The first-order valence-electron chi connectivity index (χ1n) is 5.31. The Morgan fingerprint density at radius 3 is 2.39 bits per heavy atom. The lowest BCUT2D eigenvalue weighted by molar-refractivity contribution is -0.140. The average Bonchev–Trinajstić information content (AvgIpc) is 2.24. The molecule has 100 valence electrons. The highest BCUT2D eigenvalue weighted by Crippen LogP contribution is 2.34. The van der Waals surface area contributed by atoms with Gasteiger partial charge in [0.05, 0.1) is 5.56 Å². The lowest BCUT2D eigenvalue weighted by atomic mass is 10.0. The molecule has 0 saturated heterocycles. The van der Waals surface area contributed by atoms with Crippen molar-refractivity contribution in [3.05, 3.63) is 29.3 Å². The first-order valence-corrected chi connectivity index (χ1v) is 5.31. The highest BCUT2D eigenvalue weighted by Gasteiger charge is 2.33. The van der Waals surface area contributed by atoms with Crippen molar-refractivity contribution >= 4 is 11.7 Å². The van der Waals surface area contributed by atoms with Crippen molar-refractivity contribution < 1.29 is 23.1 Å². The fraction of sp³-hybridized carbons (Fsp3) is 0.417. The van der Waals surface area contributed by atoms with Gasteiger partial charge in [0.2, 0.25) is 0 Å². The molecule has 0 amide bonds. The van der Waals surface area contributed by atoms with Crippen molar-refractivity contribution in [2.75, 3.05) is 19.0 Å². The molecule has 0 heterocycles. The standard InChI is InChI=1S/C12H14F3NO2/c1-16(2)9-4-5-10(12(13,14)15)8(7-9)3-6-11(17)18/h4-5,7H,3,6H2,1-2H3,(H,17,18). The summed E-state index contributed by atoms with van der Waals surface area (Å²) in [6.07, 6.45) is -4.91. The van der Waals surface area contributed by atoms with Gasteiger partial charge >= 0.3 is 12.1 Å². The molecule has 0 aliphatic rings. The molecule has 0 aromatic heterocycles. The number of anilines is 1. The van der Waals surface area contributed by atoms with Crippen LogP contribution in [0.1, 0.15) is 17.5 Å². The van der Waals surface area contributed by atoms with Crippen LogP contribution in [0.15, 0.2) is 18.2 Å². The zero-order valence-electron chi connectivity index (χ0n) is 10.1. The third kappa shape index (κ3) is 3.65. The van der Waals surface area contributed by atoms with Crippen LogP contribution in [0.4, 0.5) is 18.9 Å². The van der Waals surface area contributed by atoms with Gasteiger partial charge in [-0.05, 0) is 30.2 Å². The Morgan fingerprint density at radius 1 is 1.33 bits per heavy atom. The molecule has 0 unspecified atom stereocenters. The lowest BCUT2D eigenvalue weighted by Gasteiger charge is -2.17. The molecule has 0 spiro atoms. The fourth-order valence-electron chi connectivity index (χ4n) is 1.58. The molecular weight excluding hydrogens is 247 g/mol. The quantitative estimate of drug-likeness (QED) is 0.906. The predicted octanol–water partition coefficient (Wildman–Crippen LogP) is 2.79. The van der Waals surface area contributed by atoms with E-state index in [-0.39, 0.29) is 18.4 Å². The largest absolute Gasteiger partial charge is 0.481 e. The number of hydrogen-bond acceptors (Lipinski definition) is 2. The van der Waals surface area contributed by atoms with Crippen LogP contribution in [0, 0.1) is 0 Å². The van der Waals surface area contributed by atoms with Crippen LogP contribution in [0.5, 0.6) is 0 Å². The van der Waals surface area contributed by atoms with Gasteiger partial charge in [-0.25, -0.2) is 0 Å². The number of halogens is 3. The molecule has 1 N–H and O–H groups in total. The summed E-state index contributed by atoms with van der Waals surface area (Å²) < 4.78 is 38.2. The molecule has 3 nitrogen and oxygen atoms in total. The third-order valence-corrected chi connectivity index (χ3v) is 2.52. The molecule has 0 bridgehead atoms. The number of rotatable bonds is 4. The minimum Gasteiger partial charge on any atom is -0.481 e. The van der Waals surface area contributed by atoms with Crippen LogP contribution in [-0.4, -0.2) is 25.2 Å². The van der Waals surface area contributed by atoms with E-state index in [0.29, 0.717) is 5.69 Å². The highest BCUT2D eigenvalue weighted by molar-refractivity contribution is 5.67. The van der Waals surface area contributed by atoms with Crippen LogP contribution in [-0.2, 0) is 17.4 Å². The zero-order chi connectivity index (χ0) is 13.9. The van der Waals surface area contributed by atoms with E-state index in [0.717, 1.165) is 6.07 Å². The maximum absolute atomic E-state index is 12.7. The van der Waals surface area contributed by atoms with Gasteiger partial charge in [0.1, 0.15) is 0 Å². The Kier molecular flexibility index (Phi) is 4.21. The Hall–Kier alpha value is -1.72. The molecular formula is C12H14F3NO2. The van der Waals surface area contributed by atoms with Gasteiger partial charge in [-0.15, -0.1) is 0 Å². The fourth-order valence-corrected chi connectivity index (χ4v) is 1.58. The first kappa shape index (κ1) is 14.3. The molecule has 0 fully saturated rings. The van der Waals surface area contributed by atoms with Gasteiger partial charge in [0, 0.05) is 26.2 Å². The van der Waals surface area contributed by atoms with Crippen LogP contribution in [0.3, 0.4) is 0 Å². The molecule has 18 heavy (non-hydrogen) atoms. The molecule has 6 heteroatoms. The van der Waals surface area contributed by atoms with Crippen molar-refractivity contribution in [1.29, 1.82) is 0 Å². The van der Waals surface area contributed by atoms with Gasteiger partial charge in [0.15, 0.2) is 0 Å². The zero-order valence-corrected chi connectivity index (χ0v) is 10.1. The second kappa shape index (κ2) is 5.29. The van der Waals surface area contributed by atoms with Crippen molar-refractivity contribution in [1.82, 2.24) is 0 Å². The van der Waals surface area contributed by atoms with E-state index in [4.69, 9.17) is 5.11 Å². The monoisotopic (exact) mass is 261 g/mol. The third-order valence-electron chi connectivity index (χ3n) is 2.52. The van der Waals surface area contributed by atoms with Crippen molar-refractivity contribution in [2.45, 2.75) is 19.0 Å². The predicted molar refractivity (Wildman–Crippen MR) is 61.7 cm³/mol. The van der Waals surface area contributed by atoms with Crippen LogP contribution in [0.2, 0.25) is 0 Å². The topological polar surface area (TPSA) is 40.5 Å². The lowest BCUT2D eigenvalue weighted by Crippen LogP contribution is -2.14. The van der Waals surface area contributed by atoms with E-state index < -0.39 is 17.7 Å². The Labute approximate surface area is 103 Å². The Morgan fingerprint density at radius 2 is 1.94 bits per heavy atom. The van der Waals surface area contributed by atoms with E-state index in [9.17, 15) is 18.0 Å². The number of carboxylic acids is 1. The van der Waals surface area contributed by atoms with Gasteiger partial charge < -0.3 is 10.0 Å². The number of alkyl halides is 3. The van der Waals surface area contributed by atoms with Crippen LogP contribution in [0.25, 0.3) is 0 Å². The van der Waals surface area contributed by atoms with Crippen LogP contribution < -0.4 is 4.90 Å². The summed E-state index contributed by atoms with van der Waals surface area (Å²) >= 11 is 0. The van der Waals surface area contributed by atoms with Gasteiger partial charge in [0.25, 0.3) is 0 Å². The number of carbonyl (C=O) groups is 1. The smallest absolute Gasteiger partial charge is 0.416 e. The summed E-state index contributed by atoms with van der Waals surface area (Å²) in [6, 6.07) is 3.74. The minimum absolute atomic E-state index is 0.0103. The Bertz CT molecular complexity index is 441. The second-order valence-electron chi connectivity index (χ2n) is 4.13. The molecule has 0 saturated carbocycles. The second-order valence-corrected chi connectivity index (χ2v) is 4.13. The van der Waals surface area contributed by atoms with E-state index >= 15 is 0 Å². The number of aryl methyl sites for hydroxylation is 1. The van der Waals surface area contributed by atoms with Crippen molar-refractivity contribution in [3.8, 4) is 0 Å². The summed E-state index contributed by atoms with van der Waals surface area (Å²) in [5.41, 5.74) is -0.145. The SMILES string of the molecule is CN(C)c1ccc(C(F)(F)F)c(CCC(=O)O)c1.